The number of aryl methyl sites for hydroxylation is 1. The SMILES string of the molecule is CCCCN1C(=O)/C(=C\c2ccc(OCC(C)C)c(OCC)c2)SC1=Nc1ccc(C)cc1. The molecule has 1 aliphatic heterocycles. The van der Waals surface area contributed by atoms with Gasteiger partial charge in [0.05, 0.1) is 23.8 Å². The second-order valence-electron chi connectivity index (χ2n) is 8.49. The van der Waals surface area contributed by atoms with Crippen LogP contribution in [-0.2, 0) is 4.79 Å². The fourth-order valence-corrected chi connectivity index (χ4v) is 4.27. The Morgan fingerprint density at radius 2 is 1.82 bits per heavy atom. The normalized spacial score (nSPS) is 16.3. The molecule has 2 aromatic rings. The van der Waals surface area contributed by atoms with E-state index in [1.165, 1.54) is 17.3 Å². The third-order valence-electron chi connectivity index (χ3n) is 5.02. The van der Waals surface area contributed by atoms with Crippen molar-refractivity contribution in [2.45, 2.75) is 47.5 Å². The maximum absolute atomic E-state index is 13.2. The minimum absolute atomic E-state index is 0.00240. The van der Waals surface area contributed by atoms with E-state index in [-0.39, 0.29) is 5.91 Å². The van der Waals surface area contributed by atoms with Gasteiger partial charge in [-0.05, 0) is 73.9 Å². The van der Waals surface area contributed by atoms with Crippen LogP contribution in [0, 0.1) is 12.8 Å². The summed E-state index contributed by atoms with van der Waals surface area (Å²) < 4.78 is 11.7. The number of thioether (sulfide) groups is 1. The molecule has 176 valence electrons. The van der Waals surface area contributed by atoms with Gasteiger partial charge in [0.2, 0.25) is 0 Å². The Kier molecular flexibility index (Phi) is 9.01. The molecule has 5 nitrogen and oxygen atoms in total. The van der Waals surface area contributed by atoms with E-state index in [9.17, 15) is 4.79 Å². The minimum atomic E-state index is -0.00240. The molecular formula is C27H34N2O3S. The van der Waals surface area contributed by atoms with Crippen molar-refractivity contribution in [2.75, 3.05) is 19.8 Å². The van der Waals surface area contributed by atoms with Crippen LogP contribution < -0.4 is 9.47 Å². The molecule has 1 saturated heterocycles. The number of aliphatic imine (C=N–C) groups is 1. The van der Waals surface area contributed by atoms with Gasteiger partial charge < -0.3 is 9.47 Å². The molecule has 0 atom stereocenters. The second-order valence-corrected chi connectivity index (χ2v) is 9.50. The van der Waals surface area contributed by atoms with Crippen LogP contribution in [0.4, 0.5) is 5.69 Å². The maximum atomic E-state index is 13.2. The van der Waals surface area contributed by atoms with Crippen molar-refractivity contribution in [1.82, 2.24) is 4.90 Å². The van der Waals surface area contributed by atoms with Gasteiger partial charge in [-0.25, -0.2) is 4.99 Å². The molecule has 3 rings (SSSR count). The summed E-state index contributed by atoms with van der Waals surface area (Å²) in [5.41, 5.74) is 2.94. The van der Waals surface area contributed by atoms with Crippen LogP contribution in [0.15, 0.2) is 52.4 Å². The zero-order chi connectivity index (χ0) is 23.8. The number of benzene rings is 2. The zero-order valence-electron chi connectivity index (χ0n) is 20.3. The third-order valence-corrected chi connectivity index (χ3v) is 6.03. The molecule has 1 fully saturated rings. The molecule has 1 heterocycles. The Morgan fingerprint density at radius 1 is 1.06 bits per heavy atom. The Morgan fingerprint density at radius 3 is 2.48 bits per heavy atom. The molecule has 1 aliphatic rings. The number of ether oxygens (including phenoxy) is 2. The lowest BCUT2D eigenvalue weighted by Crippen LogP contribution is -2.30. The van der Waals surface area contributed by atoms with Gasteiger partial charge in [0.1, 0.15) is 0 Å². The molecule has 2 aromatic carbocycles. The van der Waals surface area contributed by atoms with Gasteiger partial charge in [-0.15, -0.1) is 0 Å². The first kappa shape index (κ1) is 24.9. The summed E-state index contributed by atoms with van der Waals surface area (Å²) in [6.07, 6.45) is 3.86. The predicted molar refractivity (Wildman–Crippen MR) is 138 cm³/mol. The highest BCUT2D eigenvalue weighted by atomic mass is 32.2. The number of unbranched alkanes of at least 4 members (excludes halogenated alkanes) is 1. The molecule has 0 saturated carbocycles. The Hall–Kier alpha value is -2.73. The summed E-state index contributed by atoms with van der Waals surface area (Å²) in [5.74, 6) is 1.84. The van der Waals surface area contributed by atoms with Crippen molar-refractivity contribution in [3.05, 3.63) is 58.5 Å². The van der Waals surface area contributed by atoms with Gasteiger partial charge in [0, 0.05) is 6.54 Å². The summed E-state index contributed by atoms with van der Waals surface area (Å²) in [5, 5.41) is 0.727. The minimum Gasteiger partial charge on any atom is -0.490 e. The average Bonchev–Trinajstić information content (AvgIpc) is 3.07. The largest absolute Gasteiger partial charge is 0.490 e. The first-order valence-corrected chi connectivity index (χ1v) is 12.5. The van der Waals surface area contributed by atoms with Gasteiger partial charge in [0.15, 0.2) is 16.7 Å². The van der Waals surface area contributed by atoms with Crippen LogP contribution >= 0.6 is 11.8 Å². The Balaban J connectivity index is 1.89. The number of hydrogen-bond acceptors (Lipinski definition) is 5. The molecule has 0 aromatic heterocycles. The van der Waals surface area contributed by atoms with E-state index < -0.39 is 0 Å². The van der Waals surface area contributed by atoms with Crippen molar-refractivity contribution < 1.29 is 14.3 Å². The van der Waals surface area contributed by atoms with Gasteiger partial charge >= 0.3 is 0 Å². The van der Waals surface area contributed by atoms with E-state index in [0.29, 0.717) is 36.3 Å². The molecule has 33 heavy (non-hydrogen) atoms. The molecular weight excluding hydrogens is 432 g/mol. The Labute approximate surface area is 201 Å². The van der Waals surface area contributed by atoms with Crippen LogP contribution in [0.1, 0.15) is 51.7 Å². The summed E-state index contributed by atoms with van der Waals surface area (Å²) in [4.78, 5) is 20.5. The average molecular weight is 467 g/mol. The first-order chi connectivity index (χ1) is 15.9. The van der Waals surface area contributed by atoms with Crippen molar-refractivity contribution in [1.29, 1.82) is 0 Å². The van der Waals surface area contributed by atoms with Crippen LogP contribution in [0.2, 0.25) is 0 Å². The number of rotatable bonds is 10. The van der Waals surface area contributed by atoms with Crippen LogP contribution in [0.5, 0.6) is 11.5 Å². The number of hydrogen-bond donors (Lipinski definition) is 0. The second kappa shape index (κ2) is 11.9. The number of amides is 1. The lowest BCUT2D eigenvalue weighted by Gasteiger charge is -2.15. The summed E-state index contributed by atoms with van der Waals surface area (Å²) in [7, 11) is 0. The summed E-state index contributed by atoms with van der Waals surface area (Å²) >= 11 is 1.42. The number of amidine groups is 1. The highest BCUT2D eigenvalue weighted by molar-refractivity contribution is 8.18. The fourth-order valence-electron chi connectivity index (χ4n) is 3.24. The fraction of sp³-hybridized carbons (Fsp3) is 0.407. The first-order valence-electron chi connectivity index (χ1n) is 11.7. The summed E-state index contributed by atoms with van der Waals surface area (Å²) in [6, 6.07) is 13.9. The lowest BCUT2D eigenvalue weighted by molar-refractivity contribution is -0.122. The highest BCUT2D eigenvalue weighted by Gasteiger charge is 2.33. The standard InChI is InChI=1S/C27H34N2O3S/c1-6-8-15-29-26(30)25(33-27(29)28-22-12-9-20(5)10-13-22)17-21-11-14-23(32-18-19(3)4)24(16-21)31-7-2/h9-14,16-17,19H,6-8,15,18H2,1-5H3/b25-17+,28-27?. The quantitative estimate of drug-likeness (QED) is 0.360. The van der Waals surface area contributed by atoms with Crippen molar-refractivity contribution >= 4 is 34.6 Å². The summed E-state index contributed by atoms with van der Waals surface area (Å²) in [6.45, 7) is 12.2. The van der Waals surface area contributed by atoms with Crippen LogP contribution in [-0.4, -0.2) is 35.7 Å². The van der Waals surface area contributed by atoms with Gasteiger partial charge in [-0.1, -0.05) is 51.0 Å². The molecule has 0 N–H and O–H groups in total. The molecule has 0 aliphatic carbocycles. The highest BCUT2D eigenvalue weighted by Crippen LogP contribution is 2.36. The predicted octanol–water partition coefficient (Wildman–Crippen LogP) is 6.83. The van der Waals surface area contributed by atoms with Crippen molar-refractivity contribution in [3.63, 3.8) is 0 Å². The number of carbonyl (C=O) groups is 1. The van der Waals surface area contributed by atoms with E-state index in [2.05, 4.69) is 27.7 Å². The smallest absolute Gasteiger partial charge is 0.266 e. The van der Waals surface area contributed by atoms with E-state index >= 15 is 0 Å². The number of nitrogens with zero attached hydrogens (tertiary/aromatic N) is 2. The molecule has 0 unspecified atom stereocenters. The Bertz CT molecular complexity index is 1010. The lowest BCUT2D eigenvalue weighted by atomic mass is 10.1. The topological polar surface area (TPSA) is 51.1 Å². The molecule has 1 amide bonds. The van der Waals surface area contributed by atoms with Gasteiger partial charge in [-0.2, -0.15) is 0 Å². The molecule has 0 spiro atoms. The van der Waals surface area contributed by atoms with E-state index in [1.54, 1.807) is 4.90 Å². The maximum Gasteiger partial charge on any atom is 0.266 e. The molecule has 6 heteroatoms. The van der Waals surface area contributed by atoms with Gasteiger partial charge in [-0.3, -0.25) is 9.69 Å². The van der Waals surface area contributed by atoms with Crippen molar-refractivity contribution in [2.24, 2.45) is 10.9 Å². The van der Waals surface area contributed by atoms with E-state index in [0.717, 1.165) is 35.0 Å². The molecule has 0 bridgehead atoms. The van der Waals surface area contributed by atoms with E-state index in [1.807, 2.05) is 55.5 Å². The monoisotopic (exact) mass is 466 g/mol. The van der Waals surface area contributed by atoms with Crippen LogP contribution in [0.3, 0.4) is 0 Å². The number of carbonyl (C=O) groups excluding carboxylic acids is 1. The van der Waals surface area contributed by atoms with Crippen molar-refractivity contribution in [3.8, 4) is 11.5 Å². The zero-order valence-corrected chi connectivity index (χ0v) is 21.1. The van der Waals surface area contributed by atoms with Gasteiger partial charge in [0.25, 0.3) is 5.91 Å². The molecule has 0 radical (unpaired) electrons. The van der Waals surface area contributed by atoms with Crippen LogP contribution in [0.25, 0.3) is 6.08 Å². The van der Waals surface area contributed by atoms with E-state index in [4.69, 9.17) is 14.5 Å². The third kappa shape index (κ3) is 6.87.